The summed E-state index contributed by atoms with van der Waals surface area (Å²) < 4.78 is 4.63. The zero-order chi connectivity index (χ0) is 13.8. The number of hydrogen-bond donors (Lipinski definition) is 1. The topological polar surface area (TPSA) is 51.2 Å². The number of nitrogens with zero attached hydrogens (tertiary/aromatic N) is 1. The largest absolute Gasteiger partial charge is 0.465 e. The first-order chi connectivity index (χ1) is 9.13. The third kappa shape index (κ3) is 3.24. The Hall–Kier alpha value is -1.59. The van der Waals surface area contributed by atoms with Gasteiger partial charge in [0, 0.05) is 5.69 Å². The second-order valence-corrected chi connectivity index (χ2v) is 5.16. The summed E-state index contributed by atoms with van der Waals surface area (Å²) in [5.41, 5.74) is 2.16. The Balaban J connectivity index is 2.16. The summed E-state index contributed by atoms with van der Waals surface area (Å²) in [6, 6.07) is 8.01. The number of benzene rings is 1. The first-order valence-corrected chi connectivity index (χ1v) is 6.94. The van der Waals surface area contributed by atoms with Crippen molar-refractivity contribution in [1.82, 2.24) is 4.98 Å². The molecule has 0 fully saturated rings. The standard InChI is InChI=1S/C13H13ClN2O2S/c1-3-8-4-6-9(7-5-8)15-13-16-11(14)10(19-13)12(17)18-2/h4-7H,3H2,1-2H3,(H,15,16). The first-order valence-electron chi connectivity index (χ1n) is 5.74. The molecule has 0 unspecified atom stereocenters. The minimum Gasteiger partial charge on any atom is -0.465 e. The van der Waals surface area contributed by atoms with E-state index in [4.69, 9.17) is 11.6 Å². The van der Waals surface area contributed by atoms with E-state index < -0.39 is 5.97 Å². The molecule has 1 aromatic carbocycles. The van der Waals surface area contributed by atoms with E-state index in [1.54, 1.807) is 0 Å². The Morgan fingerprint density at radius 2 is 2.11 bits per heavy atom. The molecule has 0 aliphatic heterocycles. The fraction of sp³-hybridized carbons (Fsp3) is 0.231. The number of aryl methyl sites for hydroxylation is 1. The predicted octanol–water partition coefficient (Wildman–Crippen LogP) is 3.89. The van der Waals surface area contributed by atoms with Crippen molar-refractivity contribution in [3.8, 4) is 0 Å². The van der Waals surface area contributed by atoms with Crippen molar-refractivity contribution in [3.63, 3.8) is 0 Å². The van der Waals surface area contributed by atoms with Gasteiger partial charge in [0.05, 0.1) is 7.11 Å². The van der Waals surface area contributed by atoms with Crippen molar-refractivity contribution in [2.45, 2.75) is 13.3 Å². The smallest absolute Gasteiger partial charge is 0.351 e. The van der Waals surface area contributed by atoms with E-state index in [9.17, 15) is 4.79 Å². The van der Waals surface area contributed by atoms with E-state index in [1.165, 1.54) is 24.0 Å². The van der Waals surface area contributed by atoms with Crippen LogP contribution in [0.1, 0.15) is 22.2 Å². The molecule has 0 saturated heterocycles. The Kier molecular flexibility index (Phi) is 4.39. The minimum absolute atomic E-state index is 0.157. The first kappa shape index (κ1) is 13.8. The van der Waals surface area contributed by atoms with Gasteiger partial charge in [-0.3, -0.25) is 0 Å². The van der Waals surface area contributed by atoms with Gasteiger partial charge >= 0.3 is 5.97 Å². The molecular formula is C13H13ClN2O2S. The number of aromatic nitrogens is 1. The summed E-state index contributed by atoms with van der Waals surface area (Å²) in [5.74, 6) is -0.475. The molecule has 2 aromatic rings. The van der Waals surface area contributed by atoms with Crippen molar-refractivity contribution >= 4 is 39.7 Å². The van der Waals surface area contributed by atoms with Crippen LogP contribution < -0.4 is 5.32 Å². The summed E-state index contributed by atoms with van der Waals surface area (Å²) in [6.45, 7) is 2.10. The molecule has 4 nitrogen and oxygen atoms in total. The molecule has 1 N–H and O–H groups in total. The highest BCUT2D eigenvalue weighted by molar-refractivity contribution is 7.18. The molecule has 0 amide bonds. The molecule has 0 aliphatic carbocycles. The van der Waals surface area contributed by atoms with Crippen LogP contribution in [0.3, 0.4) is 0 Å². The third-order valence-electron chi connectivity index (χ3n) is 2.57. The highest BCUT2D eigenvalue weighted by atomic mass is 35.5. The number of hydrogen-bond acceptors (Lipinski definition) is 5. The van der Waals surface area contributed by atoms with Crippen molar-refractivity contribution in [3.05, 3.63) is 39.9 Å². The Labute approximate surface area is 120 Å². The van der Waals surface area contributed by atoms with Crippen molar-refractivity contribution in [2.24, 2.45) is 0 Å². The second-order valence-electron chi connectivity index (χ2n) is 3.81. The summed E-state index contributed by atoms with van der Waals surface area (Å²) in [5, 5.41) is 3.83. The summed E-state index contributed by atoms with van der Waals surface area (Å²) >= 11 is 7.06. The van der Waals surface area contributed by atoms with Crippen LogP contribution in [-0.4, -0.2) is 18.1 Å². The second kappa shape index (κ2) is 6.04. The lowest BCUT2D eigenvalue weighted by Gasteiger charge is -2.03. The number of esters is 1. The molecular weight excluding hydrogens is 284 g/mol. The molecule has 0 atom stereocenters. The fourth-order valence-electron chi connectivity index (χ4n) is 1.52. The van der Waals surface area contributed by atoms with Gasteiger partial charge in [0.25, 0.3) is 0 Å². The van der Waals surface area contributed by atoms with Crippen LogP contribution in [0.15, 0.2) is 24.3 Å². The van der Waals surface area contributed by atoms with Gasteiger partial charge in [-0.05, 0) is 24.1 Å². The lowest BCUT2D eigenvalue weighted by atomic mass is 10.1. The van der Waals surface area contributed by atoms with E-state index in [1.807, 2.05) is 24.3 Å². The third-order valence-corrected chi connectivity index (χ3v) is 3.91. The molecule has 1 aromatic heterocycles. The maximum absolute atomic E-state index is 11.4. The molecule has 0 aliphatic rings. The lowest BCUT2D eigenvalue weighted by molar-refractivity contribution is 0.0606. The summed E-state index contributed by atoms with van der Waals surface area (Å²) in [6.07, 6.45) is 0.996. The van der Waals surface area contributed by atoms with E-state index >= 15 is 0 Å². The predicted molar refractivity (Wildman–Crippen MR) is 77.6 cm³/mol. The van der Waals surface area contributed by atoms with Crippen LogP contribution in [-0.2, 0) is 11.2 Å². The number of ether oxygens (including phenoxy) is 1. The van der Waals surface area contributed by atoms with Crippen LogP contribution >= 0.6 is 22.9 Å². The number of anilines is 2. The SMILES string of the molecule is CCc1ccc(Nc2nc(Cl)c(C(=O)OC)s2)cc1. The maximum Gasteiger partial charge on any atom is 0.351 e. The number of nitrogens with one attached hydrogen (secondary N) is 1. The van der Waals surface area contributed by atoms with Crippen LogP contribution in [0.5, 0.6) is 0 Å². The van der Waals surface area contributed by atoms with Crippen LogP contribution in [0.2, 0.25) is 5.15 Å². The van der Waals surface area contributed by atoms with E-state index in [-0.39, 0.29) is 5.15 Å². The van der Waals surface area contributed by atoms with Crippen molar-refractivity contribution in [2.75, 3.05) is 12.4 Å². The van der Waals surface area contributed by atoms with Gasteiger partial charge in [-0.1, -0.05) is 42.0 Å². The van der Waals surface area contributed by atoms with Gasteiger partial charge in [-0.15, -0.1) is 0 Å². The number of halogens is 1. The average Bonchev–Trinajstić information content (AvgIpc) is 2.79. The van der Waals surface area contributed by atoms with Gasteiger partial charge in [0.1, 0.15) is 0 Å². The molecule has 0 bridgehead atoms. The molecule has 2 rings (SSSR count). The quantitative estimate of drug-likeness (QED) is 0.870. The van der Waals surface area contributed by atoms with Crippen LogP contribution in [0.25, 0.3) is 0 Å². The van der Waals surface area contributed by atoms with Gasteiger partial charge in [-0.2, -0.15) is 0 Å². The summed E-state index contributed by atoms with van der Waals surface area (Å²) in [4.78, 5) is 15.8. The highest BCUT2D eigenvalue weighted by Crippen LogP contribution is 2.29. The molecule has 0 spiro atoms. The number of thiazole rings is 1. The van der Waals surface area contributed by atoms with Crippen molar-refractivity contribution in [1.29, 1.82) is 0 Å². The highest BCUT2D eigenvalue weighted by Gasteiger charge is 2.17. The van der Waals surface area contributed by atoms with Crippen LogP contribution in [0.4, 0.5) is 10.8 Å². The van der Waals surface area contributed by atoms with Gasteiger partial charge in [0.2, 0.25) is 0 Å². The molecule has 0 saturated carbocycles. The zero-order valence-corrected chi connectivity index (χ0v) is 12.1. The van der Waals surface area contributed by atoms with Gasteiger partial charge < -0.3 is 10.1 Å². The van der Waals surface area contributed by atoms with Gasteiger partial charge in [0.15, 0.2) is 15.2 Å². The molecule has 1 heterocycles. The normalized spacial score (nSPS) is 10.3. The Morgan fingerprint density at radius 3 is 2.68 bits per heavy atom. The minimum atomic E-state index is -0.475. The molecule has 100 valence electrons. The lowest BCUT2D eigenvalue weighted by Crippen LogP contribution is -1.98. The molecule has 19 heavy (non-hydrogen) atoms. The average molecular weight is 297 g/mol. The van der Waals surface area contributed by atoms with Crippen molar-refractivity contribution < 1.29 is 9.53 Å². The van der Waals surface area contributed by atoms with E-state index in [2.05, 4.69) is 22.0 Å². The number of carbonyl (C=O) groups is 1. The van der Waals surface area contributed by atoms with E-state index in [0.29, 0.717) is 10.0 Å². The number of carbonyl (C=O) groups excluding carboxylic acids is 1. The number of methoxy groups -OCH3 is 1. The number of rotatable bonds is 4. The molecule has 6 heteroatoms. The Bertz CT molecular complexity index is 581. The zero-order valence-electron chi connectivity index (χ0n) is 10.6. The summed E-state index contributed by atoms with van der Waals surface area (Å²) in [7, 11) is 1.31. The van der Waals surface area contributed by atoms with Crippen LogP contribution in [0, 0.1) is 0 Å². The monoisotopic (exact) mass is 296 g/mol. The fourth-order valence-corrected chi connectivity index (χ4v) is 2.64. The Morgan fingerprint density at radius 1 is 1.42 bits per heavy atom. The van der Waals surface area contributed by atoms with E-state index in [0.717, 1.165) is 12.1 Å². The maximum atomic E-state index is 11.4. The van der Waals surface area contributed by atoms with Gasteiger partial charge in [-0.25, -0.2) is 9.78 Å². The molecule has 0 radical (unpaired) electrons.